The van der Waals surface area contributed by atoms with Gasteiger partial charge in [0.05, 0.1) is 17.3 Å². The van der Waals surface area contributed by atoms with E-state index in [0.717, 1.165) is 34.6 Å². The maximum atomic E-state index is 15.6. The summed E-state index contributed by atoms with van der Waals surface area (Å²) in [5.41, 5.74) is 1.51. The number of hydrogen-bond donors (Lipinski definition) is 1. The number of pyridine rings is 2. The second kappa shape index (κ2) is 9.36. The Morgan fingerprint density at radius 1 is 1.11 bits per heavy atom. The van der Waals surface area contributed by atoms with Crippen LogP contribution in [-0.2, 0) is 0 Å². The molecule has 0 aliphatic carbocycles. The third-order valence-electron chi connectivity index (χ3n) is 6.44. The van der Waals surface area contributed by atoms with Crippen LogP contribution in [0.4, 0.5) is 10.2 Å². The van der Waals surface area contributed by atoms with Crippen molar-refractivity contribution in [1.29, 1.82) is 0 Å². The largest absolute Gasteiger partial charge is 0.315 e. The van der Waals surface area contributed by atoms with Crippen LogP contribution in [0.5, 0.6) is 0 Å². The SMILES string of the molecule is O=C(c1ccc(-n2nnc3cccnc32)cc1F)N(c1nccc2cccc(Br)c12)[C@@H]1CCCNC1. The highest BCUT2D eigenvalue weighted by Crippen LogP contribution is 2.34. The fraction of sp³-hybridized carbons (Fsp3) is 0.192. The highest BCUT2D eigenvalue weighted by atomic mass is 79.9. The number of nitrogens with one attached hydrogen (secondary N) is 1. The number of hydrogen-bond acceptors (Lipinski definition) is 6. The Kier molecular flexibility index (Phi) is 5.90. The number of anilines is 1. The zero-order valence-electron chi connectivity index (χ0n) is 19.1. The molecule has 180 valence electrons. The zero-order chi connectivity index (χ0) is 24.6. The summed E-state index contributed by atoms with van der Waals surface area (Å²) in [4.78, 5) is 24.5. The smallest absolute Gasteiger partial charge is 0.262 e. The number of fused-ring (bicyclic) bond motifs is 2. The van der Waals surface area contributed by atoms with E-state index in [2.05, 4.69) is 41.5 Å². The van der Waals surface area contributed by atoms with Gasteiger partial charge < -0.3 is 5.32 Å². The van der Waals surface area contributed by atoms with E-state index in [-0.39, 0.29) is 11.6 Å². The fourth-order valence-corrected chi connectivity index (χ4v) is 5.28. The minimum atomic E-state index is -0.648. The summed E-state index contributed by atoms with van der Waals surface area (Å²) in [6.07, 6.45) is 5.01. The van der Waals surface area contributed by atoms with Gasteiger partial charge in [-0.25, -0.2) is 14.4 Å². The molecule has 1 amide bonds. The lowest BCUT2D eigenvalue weighted by Crippen LogP contribution is -2.49. The van der Waals surface area contributed by atoms with Gasteiger partial charge in [-0.15, -0.1) is 5.10 Å². The molecular weight excluding hydrogens is 525 g/mol. The van der Waals surface area contributed by atoms with Crippen molar-refractivity contribution in [2.45, 2.75) is 18.9 Å². The number of carbonyl (C=O) groups excluding carboxylic acids is 1. The average Bonchev–Trinajstić information content (AvgIpc) is 3.34. The maximum Gasteiger partial charge on any atom is 0.262 e. The van der Waals surface area contributed by atoms with Crippen LogP contribution >= 0.6 is 15.9 Å². The summed E-state index contributed by atoms with van der Waals surface area (Å²) in [6, 6.07) is 15.5. The molecular formula is C26H21BrFN7O. The van der Waals surface area contributed by atoms with Crippen LogP contribution in [0.25, 0.3) is 27.6 Å². The molecule has 36 heavy (non-hydrogen) atoms. The number of piperidine rings is 1. The predicted octanol–water partition coefficient (Wildman–Crippen LogP) is 4.66. The van der Waals surface area contributed by atoms with Crippen LogP contribution in [-0.4, -0.2) is 50.0 Å². The lowest BCUT2D eigenvalue weighted by molar-refractivity contribution is 0.0968. The first kappa shape index (κ1) is 22.7. The molecule has 1 saturated heterocycles. The monoisotopic (exact) mass is 545 g/mol. The van der Waals surface area contributed by atoms with Gasteiger partial charge in [0.25, 0.3) is 5.91 Å². The number of carbonyl (C=O) groups is 1. The zero-order valence-corrected chi connectivity index (χ0v) is 20.7. The van der Waals surface area contributed by atoms with Crippen molar-refractivity contribution >= 4 is 49.6 Å². The molecule has 3 aromatic heterocycles. The summed E-state index contributed by atoms with van der Waals surface area (Å²) in [6.45, 7) is 1.48. The lowest BCUT2D eigenvalue weighted by Gasteiger charge is -2.35. The number of amides is 1. The Morgan fingerprint density at radius 3 is 2.86 bits per heavy atom. The van der Waals surface area contributed by atoms with Crippen molar-refractivity contribution in [3.8, 4) is 5.69 Å². The van der Waals surface area contributed by atoms with Crippen LogP contribution in [0.3, 0.4) is 0 Å². The molecule has 2 aromatic carbocycles. The molecule has 8 nitrogen and oxygen atoms in total. The summed E-state index contributed by atoms with van der Waals surface area (Å²) >= 11 is 3.62. The Hall–Kier alpha value is -3.76. The number of rotatable bonds is 4. The van der Waals surface area contributed by atoms with Crippen LogP contribution < -0.4 is 10.2 Å². The first-order valence-electron chi connectivity index (χ1n) is 11.7. The first-order valence-corrected chi connectivity index (χ1v) is 12.4. The Balaban J connectivity index is 1.45. The fourth-order valence-electron chi connectivity index (χ4n) is 4.72. The molecule has 0 radical (unpaired) electrons. The molecule has 1 atom stereocenters. The number of benzene rings is 2. The van der Waals surface area contributed by atoms with E-state index < -0.39 is 11.7 Å². The van der Waals surface area contributed by atoms with Crippen LogP contribution in [0.2, 0.25) is 0 Å². The summed E-state index contributed by atoms with van der Waals surface area (Å²) in [7, 11) is 0. The van der Waals surface area contributed by atoms with Gasteiger partial charge in [-0.3, -0.25) is 9.69 Å². The van der Waals surface area contributed by atoms with Crippen molar-refractivity contribution in [2.75, 3.05) is 18.0 Å². The molecule has 1 aliphatic heterocycles. The van der Waals surface area contributed by atoms with Crippen molar-refractivity contribution in [3.05, 3.63) is 82.8 Å². The summed E-state index contributed by atoms with van der Waals surface area (Å²) in [5.74, 6) is -0.580. The van der Waals surface area contributed by atoms with E-state index in [1.165, 1.54) is 16.8 Å². The summed E-state index contributed by atoms with van der Waals surface area (Å²) in [5, 5.41) is 13.3. The lowest BCUT2D eigenvalue weighted by atomic mass is 10.0. The molecule has 0 unspecified atom stereocenters. The molecule has 1 fully saturated rings. The van der Waals surface area contributed by atoms with Gasteiger partial charge in [0.1, 0.15) is 17.2 Å². The van der Waals surface area contributed by atoms with Gasteiger partial charge in [0.15, 0.2) is 5.65 Å². The van der Waals surface area contributed by atoms with E-state index in [1.54, 1.807) is 35.5 Å². The van der Waals surface area contributed by atoms with Crippen LogP contribution in [0.1, 0.15) is 23.2 Å². The normalized spacial score (nSPS) is 15.9. The van der Waals surface area contributed by atoms with E-state index in [9.17, 15) is 4.79 Å². The van der Waals surface area contributed by atoms with Gasteiger partial charge in [-0.2, -0.15) is 4.68 Å². The van der Waals surface area contributed by atoms with Gasteiger partial charge in [-0.1, -0.05) is 33.3 Å². The number of halogens is 2. The third-order valence-corrected chi connectivity index (χ3v) is 7.10. The topological polar surface area (TPSA) is 88.8 Å². The minimum Gasteiger partial charge on any atom is -0.315 e. The molecule has 1 N–H and O–H groups in total. The van der Waals surface area contributed by atoms with Crippen LogP contribution in [0.15, 0.2) is 71.5 Å². The third kappa shape index (κ3) is 3.92. The first-order chi connectivity index (χ1) is 17.6. The second-order valence-corrected chi connectivity index (χ2v) is 9.51. The van der Waals surface area contributed by atoms with Crippen molar-refractivity contribution < 1.29 is 9.18 Å². The van der Waals surface area contributed by atoms with E-state index >= 15 is 4.39 Å². The van der Waals surface area contributed by atoms with Gasteiger partial charge in [0.2, 0.25) is 0 Å². The standard InChI is InChI=1S/C26H21BrFN7O/c27-20-6-1-4-16-10-13-31-25(23(16)20)34(18-5-2-11-29-15-18)26(36)19-9-8-17(14-21(19)28)35-24-22(32-33-35)7-3-12-30-24/h1,3-4,6-10,12-14,18,29H,2,5,11,15H2/t18-/m1/s1. The Labute approximate surface area is 214 Å². The van der Waals surface area contributed by atoms with E-state index in [1.807, 2.05) is 24.3 Å². The average molecular weight is 546 g/mol. The quantitative estimate of drug-likeness (QED) is 0.353. The molecule has 5 aromatic rings. The molecule has 1 aliphatic rings. The van der Waals surface area contributed by atoms with Crippen LogP contribution in [0, 0.1) is 5.82 Å². The predicted molar refractivity (Wildman–Crippen MR) is 139 cm³/mol. The Bertz CT molecular complexity index is 1590. The van der Waals surface area contributed by atoms with Gasteiger partial charge >= 0.3 is 0 Å². The maximum absolute atomic E-state index is 15.6. The highest BCUT2D eigenvalue weighted by molar-refractivity contribution is 9.10. The molecule has 0 bridgehead atoms. The molecule has 10 heteroatoms. The molecule has 0 saturated carbocycles. The van der Waals surface area contributed by atoms with Crippen molar-refractivity contribution in [2.24, 2.45) is 0 Å². The Morgan fingerprint density at radius 2 is 2.03 bits per heavy atom. The minimum absolute atomic E-state index is 0.0347. The van der Waals surface area contributed by atoms with Crippen molar-refractivity contribution in [3.63, 3.8) is 0 Å². The van der Waals surface area contributed by atoms with Gasteiger partial charge in [0, 0.05) is 34.9 Å². The van der Waals surface area contributed by atoms with Gasteiger partial charge in [-0.05, 0) is 61.2 Å². The number of aromatic nitrogens is 5. The molecule has 0 spiro atoms. The highest BCUT2D eigenvalue weighted by Gasteiger charge is 2.32. The van der Waals surface area contributed by atoms with E-state index in [0.29, 0.717) is 29.2 Å². The second-order valence-electron chi connectivity index (χ2n) is 8.66. The molecule has 4 heterocycles. The van der Waals surface area contributed by atoms with Crippen molar-refractivity contribution in [1.82, 2.24) is 30.3 Å². The number of nitrogens with zero attached hydrogens (tertiary/aromatic N) is 6. The molecule has 6 rings (SSSR count). The van der Waals surface area contributed by atoms with E-state index in [4.69, 9.17) is 0 Å². The summed E-state index contributed by atoms with van der Waals surface area (Å²) < 4.78 is 17.8.